The SMILES string of the molecule is N#CCn1cc(Nc2c(N)cnc3c2ccn3S(=O)(=O)c2ccccc2)cn1. The van der Waals surface area contributed by atoms with Crippen molar-refractivity contribution in [3.63, 3.8) is 0 Å². The molecular weight excluding hydrogens is 378 g/mol. The molecule has 4 rings (SSSR count). The minimum Gasteiger partial charge on any atom is -0.396 e. The summed E-state index contributed by atoms with van der Waals surface area (Å²) in [7, 11) is -3.79. The molecular formula is C18H15N7O2S. The smallest absolute Gasteiger partial charge is 0.269 e. The third kappa shape index (κ3) is 2.93. The summed E-state index contributed by atoms with van der Waals surface area (Å²) in [4.78, 5) is 4.39. The van der Waals surface area contributed by atoms with E-state index in [4.69, 9.17) is 11.0 Å². The van der Waals surface area contributed by atoms with Crippen molar-refractivity contribution in [2.75, 3.05) is 11.1 Å². The first kappa shape index (κ1) is 17.6. The highest BCUT2D eigenvalue weighted by molar-refractivity contribution is 7.90. The van der Waals surface area contributed by atoms with Crippen LogP contribution in [0.5, 0.6) is 0 Å². The Morgan fingerprint density at radius 1 is 1.18 bits per heavy atom. The molecule has 0 spiro atoms. The number of rotatable bonds is 5. The maximum Gasteiger partial charge on any atom is 0.269 e. The topological polar surface area (TPSA) is 132 Å². The highest BCUT2D eigenvalue weighted by atomic mass is 32.2. The molecule has 28 heavy (non-hydrogen) atoms. The van der Waals surface area contributed by atoms with Crippen LogP contribution in [0.1, 0.15) is 0 Å². The van der Waals surface area contributed by atoms with Crippen molar-refractivity contribution in [3.8, 4) is 6.07 Å². The highest BCUT2D eigenvalue weighted by Crippen LogP contribution is 2.32. The van der Waals surface area contributed by atoms with Gasteiger partial charge in [-0.15, -0.1) is 0 Å². The van der Waals surface area contributed by atoms with Crippen molar-refractivity contribution in [1.29, 1.82) is 5.26 Å². The highest BCUT2D eigenvalue weighted by Gasteiger charge is 2.21. The van der Waals surface area contributed by atoms with E-state index in [-0.39, 0.29) is 17.1 Å². The van der Waals surface area contributed by atoms with E-state index in [0.29, 0.717) is 22.4 Å². The summed E-state index contributed by atoms with van der Waals surface area (Å²) >= 11 is 0. The Kier molecular flexibility index (Phi) is 4.21. The van der Waals surface area contributed by atoms with Gasteiger partial charge in [0.2, 0.25) is 0 Å². The average Bonchev–Trinajstić information content (AvgIpc) is 3.32. The first-order valence-corrected chi connectivity index (χ1v) is 9.67. The number of hydrogen-bond donors (Lipinski definition) is 2. The van der Waals surface area contributed by atoms with Gasteiger partial charge >= 0.3 is 0 Å². The summed E-state index contributed by atoms with van der Waals surface area (Å²) in [6.45, 7) is 0.120. The lowest BCUT2D eigenvalue weighted by Crippen LogP contribution is -2.12. The lowest BCUT2D eigenvalue weighted by molar-refractivity contribution is 0.589. The number of fused-ring (bicyclic) bond motifs is 1. The van der Waals surface area contributed by atoms with E-state index in [1.807, 2.05) is 6.07 Å². The Bertz CT molecular complexity index is 1300. The zero-order valence-corrected chi connectivity index (χ0v) is 15.3. The molecule has 3 N–H and O–H groups in total. The molecule has 1 aromatic carbocycles. The lowest BCUT2D eigenvalue weighted by Gasteiger charge is -2.10. The van der Waals surface area contributed by atoms with E-state index in [1.54, 1.807) is 36.7 Å². The Hall–Kier alpha value is -3.84. The molecule has 9 nitrogen and oxygen atoms in total. The van der Waals surface area contributed by atoms with Crippen LogP contribution in [0.25, 0.3) is 11.0 Å². The zero-order valence-electron chi connectivity index (χ0n) is 14.5. The van der Waals surface area contributed by atoms with E-state index in [0.717, 1.165) is 3.97 Å². The molecule has 3 heterocycles. The van der Waals surface area contributed by atoms with Crippen molar-refractivity contribution in [1.82, 2.24) is 18.7 Å². The second-order valence-corrected chi connectivity index (χ2v) is 7.78. The molecule has 0 unspecified atom stereocenters. The fraction of sp³-hybridized carbons (Fsp3) is 0.0556. The molecule has 0 atom stereocenters. The van der Waals surface area contributed by atoms with Crippen molar-refractivity contribution < 1.29 is 8.42 Å². The molecule has 0 amide bonds. The van der Waals surface area contributed by atoms with Gasteiger partial charge in [-0.25, -0.2) is 17.4 Å². The predicted octanol–water partition coefficient (Wildman–Crippen LogP) is 2.32. The number of nitrogen functional groups attached to an aromatic ring is 1. The van der Waals surface area contributed by atoms with Crippen molar-refractivity contribution >= 4 is 38.1 Å². The minimum atomic E-state index is -3.79. The summed E-state index contributed by atoms with van der Waals surface area (Å²) in [6.07, 6.45) is 6.07. The number of hydrogen-bond acceptors (Lipinski definition) is 7. The van der Waals surface area contributed by atoms with Gasteiger partial charge < -0.3 is 11.1 Å². The number of nitrogens with zero attached hydrogens (tertiary/aromatic N) is 5. The fourth-order valence-electron chi connectivity index (χ4n) is 2.85. The van der Waals surface area contributed by atoms with Gasteiger partial charge in [-0.3, -0.25) is 4.68 Å². The third-order valence-electron chi connectivity index (χ3n) is 4.15. The van der Waals surface area contributed by atoms with Gasteiger partial charge in [0.25, 0.3) is 10.0 Å². The molecule has 0 radical (unpaired) electrons. The van der Waals surface area contributed by atoms with E-state index in [9.17, 15) is 8.42 Å². The Morgan fingerprint density at radius 3 is 2.71 bits per heavy atom. The zero-order chi connectivity index (χ0) is 19.7. The summed E-state index contributed by atoms with van der Waals surface area (Å²) in [6, 6.07) is 11.8. The van der Waals surface area contributed by atoms with Crippen molar-refractivity contribution in [3.05, 3.63) is 61.2 Å². The van der Waals surface area contributed by atoms with Crippen LogP contribution in [0, 0.1) is 11.3 Å². The Labute approximate surface area is 160 Å². The molecule has 0 saturated carbocycles. The van der Waals surface area contributed by atoms with E-state index in [2.05, 4.69) is 15.4 Å². The van der Waals surface area contributed by atoms with Crippen LogP contribution in [0.15, 0.2) is 66.1 Å². The van der Waals surface area contributed by atoms with Crippen molar-refractivity contribution in [2.24, 2.45) is 0 Å². The first-order valence-electron chi connectivity index (χ1n) is 8.23. The van der Waals surface area contributed by atoms with E-state index in [1.165, 1.54) is 29.2 Å². The Balaban J connectivity index is 1.80. The van der Waals surface area contributed by atoms with Crippen LogP contribution >= 0.6 is 0 Å². The summed E-state index contributed by atoms with van der Waals surface area (Å²) in [5, 5.41) is 16.5. The van der Waals surface area contributed by atoms with Crippen LogP contribution in [-0.4, -0.2) is 27.2 Å². The molecule has 0 aliphatic carbocycles. The normalized spacial score (nSPS) is 11.4. The molecule has 0 fully saturated rings. The maximum atomic E-state index is 13.0. The molecule has 0 bridgehead atoms. The van der Waals surface area contributed by atoms with Crippen LogP contribution < -0.4 is 11.1 Å². The van der Waals surface area contributed by atoms with Gasteiger partial charge in [0.05, 0.1) is 40.4 Å². The van der Waals surface area contributed by atoms with Crippen LogP contribution in [0.2, 0.25) is 0 Å². The fourth-order valence-corrected chi connectivity index (χ4v) is 4.17. The minimum absolute atomic E-state index is 0.120. The standard InChI is InChI=1S/C18H15N7O2S/c19-7-9-24-12-13(10-22-24)23-17-15-6-8-25(18(15)21-11-16(17)20)28(26,27)14-4-2-1-3-5-14/h1-6,8,10-12H,9,20H2,(H,21,23). The van der Waals surface area contributed by atoms with Gasteiger partial charge in [0, 0.05) is 17.8 Å². The molecule has 140 valence electrons. The van der Waals surface area contributed by atoms with Gasteiger partial charge in [-0.1, -0.05) is 18.2 Å². The molecule has 4 aromatic rings. The third-order valence-corrected chi connectivity index (χ3v) is 5.83. The quantitative estimate of drug-likeness (QED) is 0.532. The van der Waals surface area contributed by atoms with Gasteiger partial charge in [-0.2, -0.15) is 10.4 Å². The number of anilines is 3. The molecule has 3 aromatic heterocycles. The largest absolute Gasteiger partial charge is 0.396 e. The molecule has 0 aliphatic rings. The van der Waals surface area contributed by atoms with Crippen LogP contribution in [0.4, 0.5) is 17.1 Å². The number of aromatic nitrogens is 4. The summed E-state index contributed by atoms with van der Waals surface area (Å²) in [5.74, 6) is 0. The number of nitrogens with two attached hydrogens (primary N) is 1. The summed E-state index contributed by atoms with van der Waals surface area (Å²) in [5.41, 5.74) is 7.81. The summed E-state index contributed by atoms with van der Waals surface area (Å²) < 4.78 is 28.5. The predicted molar refractivity (Wildman–Crippen MR) is 104 cm³/mol. The maximum absolute atomic E-state index is 13.0. The number of nitriles is 1. The van der Waals surface area contributed by atoms with E-state index < -0.39 is 10.0 Å². The van der Waals surface area contributed by atoms with Crippen molar-refractivity contribution in [2.45, 2.75) is 11.4 Å². The lowest BCUT2D eigenvalue weighted by atomic mass is 10.2. The first-order chi connectivity index (χ1) is 13.5. The average molecular weight is 393 g/mol. The second kappa shape index (κ2) is 6.71. The van der Waals surface area contributed by atoms with Gasteiger partial charge in [-0.05, 0) is 18.2 Å². The number of nitrogens with one attached hydrogen (secondary N) is 1. The molecule has 0 aliphatic heterocycles. The monoisotopic (exact) mass is 393 g/mol. The molecule has 10 heteroatoms. The second-order valence-electron chi connectivity index (χ2n) is 5.97. The van der Waals surface area contributed by atoms with Gasteiger partial charge in [0.1, 0.15) is 6.54 Å². The molecule has 0 saturated heterocycles. The van der Waals surface area contributed by atoms with Crippen LogP contribution in [0.3, 0.4) is 0 Å². The number of benzene rings is 1. The Morgan fingerprint density at radius 2 is 1.96 bits per heavy atom. The van der Waals surface area contributed by atoms with E-state index >= 15 is 0 Å². The number of pyridine rings is 1. The van der Waals surface area contributed by atoms with Crippen LogP contribution in [-0.2, 0) is 16.6 Å². The van der Waals surface area contributed by atoms with Gasteiger partial charge in [0.15, 0.2) is 5.65 Å².